The largest absolute Gasteiger partial charge is 0.508 e. The van der Waals surface area contributed by atoms with E-state index in [4.69, 9.17) is 4.74 Å². The van der Waals surface area contributed by atoms with E-state index >= 15 is 0 Å². The van der Waals surface area contributed by atoms with Crippen LogP contribution in [-0.4, -0.2) is 25.6 Å². The lowest BCUT2D eigenvalue weighted by molar-refractivity contribution is 0.242. The quantitative estimate of drug-likeness (QED) is 0.589. The molecule has 26 heavy (non-hydrogen) atoms. The molecule has 4 aromatic rings. The SMILES string of the molecule is CC(C)Oc1cccc(-c2cn3c(-c4ccc(O)cc4)cnc3cn2)c1. The van der Waals surface area contributed by atoms with Crippen molar-refractivity contribution in [2.45, 2.75) is 20.0 Å². The van der Waals surface area contributed by atoms with Gasteiger partial charge in [0.25, 0.3) is 0 Å². The van der Waals surface area contributed by atoms with Gasteiger partial charge in [0.1, 0.15) is 11.5 Å². The molecule has 0 aliphatic heterocycles. The molecule has 0 fully saturated rings. The van der Waals surface area contributed by atoms with Gasteiger partial charge in [-0.2, -0.15) is 0 Å². The number of imidazole rings is 1. The van der Waals surface area contributed by atoms with Crippen LogP contribution in [0.3, 0.4) is 0 Å². The number of hydrogen-bond acceptors (Lipinski definition) is 4. The van der Waals surface area contributed by atoms with E-state index < -0.39 is 0 Å². The Kier molecular flexibility index (Phi) is 4.05. The van der Waals surface area contributed by atoms with Crippen LogP contribution < -0.4 is 4.74 Å². The summed E-state index contributed by atoms with van der Waals surface area (Å²) in [5, 5.41) is 9.50. The summed E-state index contributed by atoms with van der Waals surface area (Å²) in [6, 6.07) is 15.0. The van der Waals surface area contributed by atoms with Gasteiger partial charge in [0.2, 0.25) is 0 Å². The number of fused-ring (bicyclic) bond motifs is 1. The van der Waals surface area contributed by atoms with Crippen molar-refractivity contribution in [3.63, 3.8) is 0 Å². The van der Waals surface area contributed by atoms with Gasteiger partial charge in [-0.3, -0.25) is 9.38 Å². The van der Waals surface area contributed by atoms with E-state index in [1.165, 1.54) is 0 Å². The van der Waals surface area contributed by atoms with Crippen molar-refractivity contribution in [1.82, 2.24) is 14.4 Å². The monoisotopic (exact) mass is 345 g/mol. The average molecular weight is 345 g/mol. The first-order chi connectivity index (χ1) is 12.6. The van der Waals surface area contributed by atoms with E-state index in [9.17, 15) is 5.11 Å². The number of phenolic OH excluding ortho intramolecular Hbond substituents is 1. The van der Waals surface area contributed by atoms with Crippen LogP contribution in [0.25, 0.3) is 28.2 Å². The molecule has 0 unspecified atom stereocenters. The number of phenols is 1. The van der Waals surface area contributed by atoms with Gasteiger partial charge in [-0.05, 0) is 50.2 Å². The average Bonchev–Trinajstić information content (AvgIpc) is 3.05. The van der Waals surface area contributed by atoms with Crippen molar-refractivity contribution in [2.24, 2.45) is 0 Å². The van der Waals surface area contributed by atoms with E-state index in [0.29, 0.717) is 0 Å². The Morgan fingerprint density at radius 1 is 0.962 bits per heavy atom. The second kappa shape index (κ2) is 6.52. The number of rotatable bonds is 4. The fourth-order valence-electron chi connectivity index (χ4n) is 2.88. The normalized spacial score (nSPS) is 11.2. The van der Waals surface area contributed by atoms with Crippen molar-refractivity contribution in [3.05, 3.63) is 67.1 Å². The summed E-state index contributed by atoms with van der Waals surface area (Å²) in [4.78, 5) is 8.96. The third-order valence-electron chi connectivity index (χ3n) is 4.06. The summed E-state index contributed by atoms with van der Waals surface area (Å²) in [6.45, 7) is 4.01. The second-order valence-electron chi connectivity index (χ2n) is 6.39. The van der Waals surface area contributed by atoms with Crippen molar-refractivity contribution in [2.75, 3.05) is 0 Å². The number of benzene rings is 2. The first kappa shape index (κ1) is 16.1. The van der Waals surface area contributed by atoms with Gasteiger partial charge in [0.05, 0.1) is 29.9 Å². The highest BCUT2D eigenvalue weighted by Crippen LogP contribution is 2.26. The summed E-state index contributed by atoms with van der Waals surface area (Å²) in [6.07, 6.45) is 5.66. The van der Waals surface area contributed by atoms with Crippen LogP contribution in [0.4, 0.5) is 0 Å². The van der Waals surface area contributed by atoms with E-state index in [1.807, 2.05) is 67.0 Å². The topological polar surface area (TPSA) is 59.7 Å². The summed E-state index contributed by atoms with van der Waals surface area (Å²) in [7, 11) is 0. The van der Waals surface area contributed by atoms with E-state index in [2.05, 4.69) is 9.97 Å². The van der Waals surface area contributed by atoms with Gasteiger partial charge in [-0.25, -0.2) is 4.98 Å². The summed E-state index contributed by atoms with van der Waals surface area (Å²) in [5.74, 6) is 1.07. The first-order valence-electron chi connectivity index (χ1n) is 8.50. The standard InChI is InChI=1S/C21H19N3O2/c1-14(2)26-18-5-3-4-16(10-18)19-13-24-20(11-23-21(24)12-22-19)15-6-8-17(25)9-7-15/h3-14,25H,1-2H3. The van der Waals surface area contributed by atoms with Gasteiger partial charge in [0, 0.05) is 17.3 Å². The third-order valence-corrected chi connectivity index (χ3v) is 4.06. The highest BCUT2D eigenvalue weighted by molar-refractivity contribution is 5.67. The Morgan fingerprint density at radius 3 is 2.54 bits per heavy atom. The number of hydrogen-bond donors (Lipinski definition) is 1. The van der Waals surface area contributed by atoms with Crippen molar-refractivity contribution in [1.29, 1.82) is 0 Å². The van der Waals surface area contributed by atoms with Gasteiger partial charge in [0.15, 0.2) is 5.65 Å². The van der Waals surface area contributed by atoms with Gasteiger partial charge >= 0.3 is 0 Å². The lowest BCUT2D eigenvalue weighted by Crippen LogP contribution is -2.05. The molecule has 0 aliphatic rings. The molecule has 0 saturated carbocycles. The molecule has 0 bridgehead atoms. The summed E-state index contributed by atoms with van der Waals surface area (Å²) < 4.78 is 7.79. The van der Waals surface area contributed by atoms with E-state index in [0.717, 1.165) is 33.9 Å². The molecule has 2 aromatic carbocycles. The van der Waals surface area contributed by atoms with Crippen LogP contribution >= 0.6 is 0 Å². The molecule has 5 nitrogen and oxygen atoms in total. The molecule has 1 N–H and O–H groups in total. The Balaban J connectivity index is 1.78. The van der Waals surface area contributed by atoms with E-state index in [1.54, 1.807) is 18.3 Å². The zero-order valence-corrected chi connectivity index (χ0v) is 14.6. The molecule has 0 saturated heterocycles. The zero-order valence-electron chi connectivity index (χ0n) is 14.6. The summed E-state index contributed by atoms with van der Waals surface area (Å²) >= 11 is 0. The molecule has 0 aliphatic carbocycles. The molecule has 0 spiro atoms. The fourth-order valence-corrected chi connectivity index (χ4v) is 2.88. The number of ether oxygens (including phenoxy) is 1. The minimum atomic E-state index is 0.121. The molecule has 0 amide bonds. The van der Waals surface area contributed by atoms with Gasteiger partial charge in [-0.1, -0.05) is 12.1 Å². The minimum absolute atomic E-state index is 0.121. The fraction of sp³-hybridized carbons (Fsp3) is 0.143. The maximum atomic E-state index is 9.50. The number of aromatic hydroxyl groups is 1. The lowest BCUT2D eigenvalue weighted by Gasteiger charge is -2.11. The second-order valence-corrected chi connectivity index (χ2v) is 6.39. The van der Waals surface area contributed by atoms with Crippen molar-refractivity contribution >= 4 is 5.65 Å². The lowest BCUT2D eigenvalue weighted by atomic mass is 10.1. The predicted octanol–water partition coefficient (Wildman–Crippen LogP) is 4.56. The summed E-state index contributed by atoms with van der Waals surface area (Å²) in [5.41, 5.74) is 4.51. The van der Waals surface area contributed by atoms with Crippen LogP contribution in [0.1, 0.15) is 13.8 Å². The molecule has 5 heteroatoms. The maximum Gasteiger partial charge on any atom is 0.155 e. The highest BCUT2D eigenvalue weighted by atomic mass is 16.5. The molecule has 0 atom stereocenters. The molecule has 4 rings (SSSR count). The van der Waals surface area contributed by atoms with Crippen molar-refractivity contribution in [3.8, 4) is 34.0 Å². The van der Waals surface area contributed by atoms with Crippen LogP contribution in [0.15, 0.2) is 67.1 Å². The third kappa shape index (κ3) is 3.11. The van der Waals surface area contributed by atoms with Crippen LogP contribution in [0.5, 0.6) is 11.5 Å². The van der Waals surface area contributed by atoms with Crippen molar-refractivity contribution < 1.29 is 9.84 Å². The van der Waals surface area contributed by atoms with Gasteiger partial charge < -0.3 is 9.84 Å². The first-order valence-corrected chi connectivity index (χ1v) is 8.50. The molecule has 2 heterocycles. The maximum absolute atomic E-state index is 9.50. The van der Waals surface area contributed by atoms with Crippen LogP contribution in [0, 0.1) is 0 Å². The molecule has 2 aromatic heterocycles. The Bertz CT molecular complexity index is 1050. The molecular formula is C21H19N3O2. The van der Waals surface area contributed by atoms with Gasteiger partial charge in [-0.15, -0.1) is 0 Å². The zero-order chi connectivity index (χ0) is 18.1. The van der Waals surface area contributed by atoms with E-state index in [-0.39, 0.29) is 11.9 Å². The highest BCUT2D eigenvalue weighted by Gasteiger charge is 2.09. The minimum Gasteiger partial charge on any atom is -0.508 e. The Hall–Kier alpha value is -3.34. The number of aromatic nitrogens is 3. The smallest absolute Gasteiger partial charge is 0.155 e. The molecule has 0 radical (unpaired) electrons. The Morgan fingerprint density at radius 2 is 1.77 bits per heavy atom. The van der Waals surface area contributed by atoms with Crippen LogP contribution in [-0.2, 0) is 0 Å². The van der Waals surface area contributed by atoms with Crippen LogP contribution in [0.2, 0.25) is 0 Å². The molecular weight excluding hydrogens is 326 g/mol. The Labute approximate surface area is 151 Å². The number of nitrogens with zero attached hydrogens (tertiary/aromatic N) is 3. The molecule has 130 valence electrons. The predicted molar refractivity (Wildman–Crippen MR) is 101 cm³/mol.